The van der Waals surface area contributed by atoms with Crippen molar-refractivity contribution in [1.29, 1.82) is 0 Å². The third-order valence-electron chi connectivity index (χ3n) is 2.67. The Bertz CT molecular complexity index is 327. The molecule has 1 aromatic rings. The van der Waals surface area contributed by atoms with Crippen LogP contribution in [0.25, 0.3) is 0 Å². The summed E-state index contributed by atoms with van der Waals surface area (Å²) in [5, 5.41) is 1.64. The van der Waals surface area contributed by atoms with Crippen LogP contribution in [-0.2, 0) is 18.3 Å². The summed E-state index contributed by atoms with van der Waals surface area (Å²) in [4.78, 5) is 0. The monoisotopic (exact) mass is 302 g/mol. The Kier molecular flexibility index (Phi) is 8.36. The van der Waals surface area contributed by atoms with Gasteiger partial charge in [-0.15, -0.1) is 0 Å². The van der Waals surface area contributed by atoms with Crippen LogP contribution in [0.1, 0.15) is 0 Å². The standard InChI is InChI=1S/C13H22O4SSi/c1-14-8-10-16-19(12-18,17-11-9-15-2)13-6-4-3-5-7-13/h3-7,18H,8-12H2,1-2H3. The van der Waals surface area contributed by atoms with Gasteiger partial charge in [-0.3, -0.25) is 0 Å². The molecule has 0 bridgehead atoms. The maximum Gasteiger partial charge on any atom is 0.382 e. The second-order valence-electron chi connectivity index (χ2n) is 3.96. The fraction of sp³-hybridized carbons (Fsp3) is 0.538. The lowest BCUT2D eigenvalue weighted by molar-refractivity contribution is 0.0939. The Morgan fingerprint density at radius 1 is 0.895 bits per heavy atom. The molecule has 0 atom stereocenters. The molecule has 0 aliphatic carbocycles. The highest BCUT2D eigenvalue weighted by Gasteiger charge is 2.38. The lowest BCUT2D eigenvalue weighted by Gasteiger charge is -2.29. The molecule has 19 heavy (non-hydrogen) atoms. The molecule has 0 N–H and O–H groups in total. The first-order chi connectivity index (χ1) is 9.29. The van der Waals surface area contributed by atoms with Crippen molar-refractivity contribution in [3.8, 4) is 0 Å². The molecule has 0 spiro atoms. The van der Waals surface area contributed by atoms with Gasteiger partial charge in [-0.05, 0) is 5.19 Å². The first kappa shape index (κ1) is 16.7. The van der Waals surface area contributed by atoms with E-state index in [1.807, 2.05) is 30.3 Å². The number of hydrogen-bond acceptors (Lipinski definition) is 5. The molecule has 0 aromatic heterocycles. The Labute approximate surface area is 121 Å². The second-order valence-corrected chi connectivity index (χ2v) is 7.89. The molecule has 0 fully saturated rings. The van der Waals surface area contributed by atoms with E-state index in [2.05, 4.69) is 12.6 Å². The number of benzene rings is 1. The van der Waals surface area contributed by atoms with Gasteiger partial charge in [-0.25, -0.2) is 0 Å². The fourth-order valence-electron chi connectivity index (χ4n) is 1.66. The lowest BCUT2D eigenvalue weighted by atomic mass is 10.4. The van der Waals surface area contributed by atoms with Crippen LogP contribution in [0.3, 0.4) is 0 Å². The van der Waals surface area contributed by atoms with Crippen molar-refractivity contribution in [2.24, 2.45) is 0 Å². The minimum atomic E-state index is -2.52. The van der Waals surface area contributed by atoms with Crippen molar-refractivity contribution in [1.82, 2.24) is 0 Å². The molecule has 1 aromatic carbocycles. The summed E-state index contributed by atoms with van der Waals surface area (Å²) >= 11 is 4.45. The highest BCUT2D eigenvalue weighted by atomic mass is 32.1. The van der Waals surface area contributed by atoms with E-state index in [9.17, 15) is 0 Å². The third-order valence-corrected chi connectivity index (χ3v) is 6.89. The van der Waals surface area contributed by atoms with E-state index >= 15 is 0 Å². The predicted octanol–water partition coefficient (Wildman–Crippen LogP) is 1.13. The first-order valence-corrected chi connectivity index (χ1v) is 8.87. The zero-order valence-corrected chi connectivity index (χ0v) is 13.4. The van der Waals surface area contributed by atoms with Gasteiger partial charge in [0.25, 0.3) is 0 Å². The Morgan fingerprint density at radius 3 is 1.84 bits per heavy atom. The fourth-order valence-corrected chi connectivity index (χ4v) is 5.07. The minimum absolute atomic E-state index is 0.505. The summed E-state index contributed by atoms with van der Waals surface area (Å²) in [5.74, 6) is 0. The topological polar surface area (TPSA) is 36.9 Å². The van der Waals surface area contributed by atoms with Crippen LogP contribution >= 0.6 is 12.6 Å². The molecule has 0 saturated carbocycles. The van der Waals surface area contributed by atoms with Crippen LogP contribution in [0.4, 0.5) is 0 Å². The van der Waals surface area contributed by atoms with E-state index in [4.69, 9.17) is 18.3 Å². The van der Waals surface area contributed by atoms with Crippen LogP contribution in [0, 0.1) is 0 Å². The highest BCUT2D eigenvalue weighted by Crippen LogP contribution is 2.11. The highest BCUT2D eigenvalue weighted by molar-refractivity contribution is 7.82. The van der Waals surface area contributed by atoms with Gasteiger partial charge >= 0.3 is 8.56 Å². The lowest BCUT2D eigenvalue weighted by Crippen LogP contribution is -2.57. The molecule has 108 valence electrons. The van der Waals surface area contributed by atoms with Crippen molar-refractivity contribution in [2.45, 2.75) is 0 Å². The van der Waals surface area contributed by atoms with Crippen LogP contribution in [-0.4, -0.2) is 54.6 Å². The predicted molar refractivity (Wildman–Crippen MR) is 81.3 cm³/mol. The zero-order chi connectivity index (χ0) is 14.0. The van der Waals surface area contributed by atoms with E-state index in [1.165, 1.54) is 0 Å². The third kappa shape index (κ3) is 5.25. The molecule has 0 saturated heterocycles. The van der Waals surface area contributed by atoms with Gasteiger partial charge in [-0.1, -0.05) is 30.3 Å². The second kappa shape index (κ2) is 9.52. The number of ether oxygens (including phenoxy) is 2. The molecule has 0 aliphatic rings. The van der Waals surface area contributed by atoms with E-state index < -0.39 is 8.56 Å². The van der Waals surface area contributed by atoms with Crippen molar-refractivity contribution >= 4 is 26.4 Å². The zero-order valence-electron chi connectivity index (χ0n) is 11.5. The first-order valence-electron chi connectivity index (χ1n) is 6.21. The van der Waals surface area contributed by atoms with Gasteiger partial charge in [0.05, 0.1) is 26.4 Å². The molecule has 1 rings (SSSR count). The smallest absolute Gasteiger partial charge is 0.382 e. The SMILES string of the molecule is COCCO[Si](CS)(OCCOC)c1ccccc1. The van der Waals surface area contributed by atoms with Gasteiger partial charge in [0.1, 0.15) is 0 Å². The Balaban J connectivity index is 2.79. The van der Waals surface area contributed by atoms with Gasteiger partial charge in [0, 0.05) is 19.6 Å². The molecule has 0 radical (unpaired) electrons. The van der Waals surface area contributed by atoms with E-state index in [-0.39, 0.29) is 0 Å². The molecule has 4 nitrogen and oxygen atoms in total. The van der Waals surface area contributed by atoms with Crippen molar-refractivity contribution in [3.63, 3.8) is 0 Å². The minimum Gasteiger partial charge on any atom is -0.388 e. The van der Waals surface area contributed by atoms with E-state index in [1.54, 1.807) is 14.2 Å². The van der Waals surface area contributed by atoms with Gasteiger partial charge in [0.15, 0.2) is 0 Å². The van der Waals surface area contributed by atoms with Crippen LogP contribution in [0.2, 0.25) is 0 Å². The van der Waals surface area contributed by atoms with Gasteiger partial charge in [0.2, 0.25) is 0 Å². The van der Waals surface area contributed by atoms with Crippen LogP contribution < -0.4 is 5.19 Å². The van der Waals surface area contributed by atoms with Crippen LogP contribution in [0.5, 0.6) is 0 Å². The normalized spacial score (nSPS) is 11.7. The number of methoxy groups -OCH3 is 2. The number of thiol groups is 1. The van der Waals surface area contributed by atoms with Gasteiger partial charge in [-0.2, -0.15) is 12.6 Å². The summed E-state index contributed by atoms with van der Waals surface area (Å²) in [6, 6.07) is 10.0. The Hall–Kier alpha value is -0.373. The van der Waals surface area contributed by atoms with E-state index in [0.717, 1.165) is 5.19 Å². The van der Waals surface area contributed by atoms with E-state index in [0.29, 0.717) is 31.8 Å². The maximum absolute atomic E-state index is 6.01. The largest absolute Gasteiger partial charge is 0.388 e. The molecular weight excluding hydrogens is 280 g/mol. The average molecular weight is 302 g/mol. The van der Waals surface area contributed by atoms with Crippen molar-refractivity contribution in [2.75, 3.05) is 46.0 Å². The van der Waals surface area contributed by atoms with Crippen LogP contribution in [0.15, 0.2) is 30.3 Å². The van der Waals surface area contributed by atoms with Crippen molar-refractivity contribution in [3.05, 3.63) is 30.3 Å². The maximum atomic E-state index is 6.01. The summed E-state index contributed by atoms with van der Waals surface area (Å²) in [5.41, 5.74) is 0. The average Bonchev–Trinajstić information content (AvgIpc) is 2.47. The summed E-state index contributed by atoms with van der Waals surface area (Å²) < 4.78 is 22.1. The Morgan fingerprint density at radius 2 is 1.42 bits per heavy atom. The van der Waals surface area contributed by atoms with Crippen molar-refractivity contribution < 1.29 is 18.3 Å². The molecule has 0 heterocycles. The van der Waals surface area contributed by atoms with Gasteiger partial charge < -0.3 is 18.3 Å². The quantitative estimate of drug-likeness (QED) is 0.399. The molecule has 0 unspecified atom stereocenters. The molecule has 0 amide bonds. The summed E-state index contributed by atoms with van der Waals surface area (Å²) in [6.07, 6.45) is 0. The summed E-state index contributed by atoms with van der Waals surface area (Å²) in [6.45, 7) is 2.10. The number of hydrogen-bond donors (Lipinski definition) is 1. The molecule has 0 aliphatic heterocycles. The number of rotatable bonds is 10. The molecule has 6 heteroatoms. The summed E-state index contributed by atoms with van der Waals surface area (Å²) in [7, 11) is 0.793. The molecular formula is C13H22O4SSi.